The van der Waals surface area contributed by atoms with Crippen molar-refractivity contribution in [3.8, 4) is 27.9 Å². The normalized spacial score (nSPS) is 15.9. The van der Waals surface area contributed by atoms with Crippen LogP contribution in [0.4, 0.5) is 0 Å². The number of para-hydroxylation sites is 1. The molecular weight excluding hydrogens is 459 g/mol. The monoisotopic (exact) mass is 488 g/mol. The van der Waals surface area contributed by atoms with Gasteiger partial charge in [0.15, 0.2) is 31.9 Å². The van der Waals surface area contributed by atoms with Crippen molar-refractivity contribution in [2.75, 3.05) is 0 Å². The Kier molecular flexibility index (Phi) is 5.87. The molecule has 0 bridgehead atoms. The molecule has 176 valence electrons. The highest BCUT2D eigenvalue weighted by atomic mass is 31.2. The summed E-state index contributed by atoms with van der Waals surface area (Å²) in [6.07, 6.45) is 10.8. The van der Waals surface area contributed by atoms with Gasteiger partial charge in [-0.25, -0.2) is 4.57 Å². The van der Waals surface area contributed by atoms with Gasteiger partial charge < -0.3 is 4.57 Å². The highest BCUT2D eigenvalue weighted by Gasteiger charge is 2.42. The van der Waals surface area contributed by atoms with Gasteiger partial charge in [0.25, 0.3) is 0 Å². The molecule has 2 aromatic heterocycles. The van der Waals surface area contributed by atoms with E-state index in [2.05, 4.69) is 89.4 Å². The number of hydrogen-bond acceptors (Lipinski definition) is 1. The molecule has 0 aliphatic carbocycles. The molecule has 36 heavy (non-hydrogen) atoms. The van der Waals surface area contributed by atoms with Gasteiger partial charge in [-0.05, 0) is 22.8 Å². The lowest BCUT2D eigenvalue weighted by Gasteiger charge is -2.15. The van der Waals surface area contributed by atoms with Gasteiger partial charge in [-0.1, -0.05) is 74.0 Å². The lowest BCUT2D eigenvalue weighted by Crippen LogP contribution is -2.35. The van der Waals surface area contributed by atoms with Crippen LogP contribution in [0, 0.1) is 0 Å². The highest BCUT2D eigenvalue weighted by molar-refractivity contribution is 7.86. The standard InChI is InChI=1S/C32H29N2OP/c1-2-3-19-33-20-16-25(17-21-33)26-14-15-29-30-18-22-34(27-10-6-4-7-11-27)24-32(30)36(35,31(29)23-26)28-12-8-5-9-13-28/h4-18,20-24H,2-3,19H2,1H3/q+2. The summed E-state index contributed by atoms with van der Waals surface area (Å²) < 4.78 is 19.5. The maximum atomic E-state index is 15.2. The fourth-order valence-electron chi connectivity index (χ4n) is 5.11. The third-order valence-corrected chi connectivity index (χ3v) is 10.2. The van der Waals surface area contributed by atoms with Crippen molar-refractivity contribution in [2.45, 2.75) is 26.3 Å². The Morgan fingerprint density at radius 2 is 1.39 bits per heavy atom. The summed E-state index contributed by atoms with van der Waals surface area (Å²) in [5.41, 5.74) is 5.41. The largest absolute Gasteiger partial charge is 0.308 e. The van der Waals surface area contributed by atoms with E-state index in [1.807, 2.05) is 48.5 Å². The highest BCUT2D eigenvalue weighted by Crippen LogP contribution is 2.52. The van der Waals surface area contributed by atoms with E-state index in [0.29, 0.717) is 0 Å². The van der Waals surface area contributed by atoms with Gasteiger partial charge in [0.1, 0.15) is 6.54 Å². The zero-order valence-corrected chi connectivity index (χ0v) is 21.3. The van der Waals surface area contributed by atoms with E-state index >= 15 is 4.57 Å². The smallest absolute Gasteiger partial charge is 0.210 e. The van der Waals surface area contributed by atoms with Crippen LogP contribution in [0.5, 0.6) is 0 Å². The first-order valence-corrected chi connectivity index (χ1v) is 14.3. The molecule has 1 aliphatic rings. The number of unbranched alkanes of at least 4 members (excludes halogenated alkanes) is 1. The van der Waals surface area contributed by atoms with Crippen LogP contribution in [-0.4, -0.2) is 0 Å². The summed E-state index contributed by atoms with van der Waals surface area (Å²) in [5, 5.41) is 2.70. The minimum absolute atomic E-state index is 0.874. The number of benzene rings is 3. The van der Waals surface area contributed by atoms with Gasteiger partial charge in [-0.3, -0.25) is 0 Å². The predicted molar refractivity (Wildman–Crippen MR) is 147 cm³/mol. The van der Waals surface area contributed by atoms with Gasteiger partial charge in [-0.2, -0.15) is 4.57 Å². The van der Waals surface area contributed by atoms with Crippen LogP contribution >= 0.6 is 7.14 Å². The number of aryl methyl sites for hydroxylation is 1. The van der Waals surface area contributed by atoms with Crippen LogP contribution in [-0.2, 0) is 11.1 Å². The molecule has 1 aliphatic heterocycles. The van der Waals surface area contributed by atoms with Crippen molar-refractivity contribution in [1.29, 1.82) is 0 Å². The summed E-state index contributed by atoms with van der Waals surface area (Å²) in [7, 11) is -3.05. The van der Waals surface area contributed by atoms with Crippen molar-refractivity contribution in [3.05, 3.63) is 122 Å². The Labute approximate surface area is 212 Å². The first-order chi connectivity index (χ1) is 17.7. The van der Waals surface area contributed by atoms with Crippen LogP contribution in [0.3, 0.4) is 0 Å². The summed E-state index contributed by atoms with van der Waals surface area (Å²) in [6, 6.07) is 33.1. The molecule has 0 saturated heterocycles. The van der Waals surface area contributed by atoms with Crippen LogP contribution < -0.4 is 25.0 Å². The second-order valence-corrected chi connectivity index (χ2v) is 12.0. The number of pyridine rings is 2. The average molecular weight is 489 g/mol. The number of nitrogens with zero attached hydrogens (tertiary/aromatic N) is 2. The molecule has 3 nitrogen and oxygen atoms in total. The molecule has 0 saturated carbocycles. The van der Waals surface area contributed by atoms with E-state index in [9.17, 15) is 0 Å². The van der Waals surface area contributed by atoms with Crippen molar-refractivity contribution in [1.82, 2.24) is 0 Å². The minimum Gasteiger partial charge on any atom is -0.308 e. The van der Waals surface area contributed by atoms with E-state index in [-0.39, 0.29) is 0 Å². The van der Waals surface area contributed by atoms with Gasteiger partial charge in [-0.15, -0.1) is 0 Å². The third kappa shape index (κ3) is 3.81. The first kappa shape index (κ1) is 22.6. The van der Waals surface area contributed by atoms with Crippen molar-refractivity contribution < 1.29 is 13.7 Å². The zero-order valence-electron chi connectivity index (χ0n) is 20.4. The Morgan fingerprint density at radius 3 is 2.11 bits per heavy atom. The fourth-order valence-corrected chi connectivity index (χ4v) is 8.19. The van der Waals surface area contributed by atoms with Crippen LogP contribution in [0.2, 0.25) is 0 Å². The topological polar surface area (TPSA) is 24.8 Å². The van der Waals surface area contributed by atoms with E-state index in [1.54, 1.807) is 0 Å². The maximum Gasteiger partial charge on any atom is 0.210 e. The Bertz CT molecular complexity index is 1580. The van der Waals surface area contributed by atoms with E-state index in [4.69, 9.17) is 0 Å². The molecular formula is C32H29N2OP+2. The van der Waals surface area contributed by atoms with Gasteiger partial charge in [0.05, 0.1) is 5.30 Å². The zero-order chi connectivity index (χ0) is 24.5. The fraction of sp³-hybridized carbons (Fsp3) is 0.125. The molecule has 0 fully saturated rings. The van der Waals surface area contributed by atoms with Crippen LogP contribution in [0.15, 0.2) is 122 Å². The van der Waals surface area contributed by atoms with Crippen LogP contribution in [0.25, 0.3) is 27.9 Å². The quantitative estimate of drug-likeness (QED) is 0.230. The summed E-state index contributed by atoms with van der Waals surface area (Å²) in [6.45, 7) is 3.24. The summed E-state index contributed by atoms with van der Waals surface area (Å²) in [4.78, 5) is 0. The number of fused-ring (bicyclic) bond motifs is 3. The van der Waals surface area contributed by atoms with Gasteiger partial charge >= 0.3 is 0 Å². The van der Waals surface area contributed by atoms with E-state index in [1.165, 1.54) is 12.8 Å². The lowest BCUT2D eigenvalue weighted by atomic mass is 10.0. The molecule has 0 radical (unpaired) electrons. The third-order valence-electron chi connectivity index (χ3n) is 7.07. The molecule has 1 unspecified atom stereocenters. The first-order valence-electron chi connectivity index (χ1n) is 12.6. The second-order valence-electron chi connectivity index (χ2n) is 9.34. The lowest BCUT2D eigenvalue weighted by molar-refractivity contribution is -0.697. The van der Waals surface area contributed by atoms with Gasteiger partial charge in [0, 0.05) is 52.9 Å². The maximum absolute atomic E-state index is 15.2. The molecule has 4 heteroatoms. The Morgan fingerprint density at radius 1 is 0.694 bits per heavy atom. The number of hydrogen-bond donors (Lipinski definition) is 0. The molecule has 1 atom stereocenters. The Balaban J connectivity index is 1.50. The minimum atomic E-state index is -3.05. The molecule has 3 heterocycles. The van der Waals surface area contributed by atoms with Crippen molar-refractivity contribution in [3.63, 3.8) is 0 Å². The average Bonchev–Trinajstić information content (AvgIpc) is 3.21. The molecule has 5 aromatic rings. The molecule has 6 rings (SSSR count). The molecule has 3 aromatic carbocycles. The van der Waals surface area contributed by atoms with E-state index < -0.39 is 7.14 Å². The second kappa shape index (κ2) is 9.33. The van der Waals surface area contributed by atoms with Crippen LogP contribution in [0.1, 0.15) is 19.8 Å². The van der Waals surface area contributed by atoms with Gasteiger partial charge in [0.2, 0.25) is 5.69 Å². The van der Waals surface area contributed by atoms with E-state index in [0.717, 1.165) is 50.4 Å². The number of rotatable bonds is 6. The Hall–Kier alpha value is -3.81. The van der Waals surface area contributed by atoms with Crippen molar-refractivity contribution >= 4 is 23.1 Å². The SMILES string of the molecule is CCCC[n+]1ccc(-c2ccc3c(c2)P(=O)(c2ccccc2)c2c[n+](-c4ccccc4)ccc2-3)cc1. The molecule has 0 amide bonds. The molecule has 0 spiro atoms. The number of aromatic nitrogens is 2. The predicted octanol–water partition coefficient (Wildman–Crippen LogP) is 5.34. The summed E-state index contributed by atoms with van der Waals surface area (Å²) in [5.74, 6) is 0. The molecule has 0 N–H and O–H groups in total. The van der Waals surface area contributed by atoms with Crippen molar-refractivity contribution in [2.24, 2.45) is 0 Å². The summed E-state index contributed by atoms with van der Waals surface area (Å²) >= 11 is 0.